The van der Waals surface area contributed by atoms with Gasteiger partial charge in [-0.3, -0.25) is 0 Å². The molecule has 0 atom stereocenters. The molecule has 98 valence electrons. The normalized spacial score (nSPS) is 11.2. The van der Waals surface area contributed by atoms with Crippen molar-refractivity contribution in [1.82, 2.24) is 19.8 Å². The number of aryl methyl sites for hydroxylation is 1. The lowest BCUT2D eigenvalue weighted by Gasteiger charge is -1.96. The zero-order chi connectivity index (χ0) is 13.5. The molecule has 3 aromatic heterocycles. The fourth-order valence-corrected chi connectivity index (χ4v) is 3.53. The highest BCUT2D eigenvalue weighted by molar-refractivity contribution is 7.19. The summed E-state index contributed by atoms with van der Waals surface area (Å²) < 4.78 is 1.83. The Hall–Kier alpha value is -2.05. The number of hydrogen-bond donors (Lipinski definition) is 0. The smallest absolute Gasteiger partial charge is 0.181 e. The van der Waals surface area contributed by atoms with Crippen molar-refractivity contribution in [3.8, 4) is 21.3 Å². The van der Waals surface area contributed by atoms with E-state index in [4.69, 9.17) is 0 Å². The van der Waals surface area contributed by atoms with Gasteiger partial charge in [-0.1, -0.05) is 47.2 Å². The van der Waals surface area contributed by atoms with Gasteiger partial charge in [-0.2, -0.15) is 9.61 Å². The third kappa shape index (κ3) is 1.85. The molecule has 1 aromatic carbocycles. The van der Waals surface area contributed by atoms with E-state index in [2.05, 4.69) is 46.5 Å². The van der Waals surface area contributed by atoms with Crippen LogP contribution in [0.2, 0.25) is 0 Å². The first-order valence-electron chi connectivity index (χ1n) is 6.14. The summed E-state index contributed by atoms with van der Waals surface area (Å²) >= 11 is 3.20. The summed E-state index contributed by atoms with van der Waals surface area (Å²) in [6, 6.07) is 12.4. The van der Waals surface area contributed by atoms with E-state index < -0.39 is 0 Å². The minimum Gasteiger partial charge on any atom is -0.181 e. The monoisotopic (exact) mass is 298 g/mol. The maximum atomic E-state index is 4.65. The Morgan fingerprint density at radius 1 is 1.05 bits per heavy atom. The molecule has 3 heterocycles. The zero-order valence-corrected chi connectivity index (χ0v) is 12.3. The molecule has 4 rings (SSSR count). The summed E-state index contributed by atoms with van der Waals surface area (Å²) in [5.41, 5.74) is 2.36. The fraction of sp³-hybridized carbons (Fsp3) is 0.0714. The van der Waals surface area contributed by atoms with E-state index in [1.54, 1.807) is 22.7 Å². The Kier molecular flexibility index (Phi) is 2.64. The second-order valence-electron chi connectivity index (χ2n) is 4.47. The molecule has 0 aliphatic carbocycles. The topological polar surface area (TPSA) is 43.1 Å². The van der Waals surface area contributed by atoms with Crippen LogP contribution in [0.5, 0.6) is 0 Å². The first kappa shape index (κ1) is 11.7. The van der Waals surface area contributed by atoms with Gasteiger partial charge in [0.1, 0.15) is 5.01 Å². The molecule has 0 saturated carbocycles. The summed E-state index contributed by atoms with van der Waals surface area (Å²) in [7, 11) is 0. The maximum absolute atomic E-state index is 4.65. The standard InChI is InChI=1S/C14H10N4S2/c1-9-4-6-10(7-5-9)13-17-18-12(11-3-2-8-19-11)15-16-14(18)20-13/h2-8H,1H3. The Labute approximate surface area is 123 Å². The van der Waals surface area contributed by atoms with Gasteiger partial charge in [0, 0.05) is 5.56 Å². The minimum absolute atomic E-state index is 0.810. The third-order valence-electron chi connectivity index (χ3n) is 3.03. The first-order valence-corrected chi connectivity index (χ1v) is 7.84. The molecule has 0 radical (unpaired) electrons. The van der Waals surface area contributed by atoms with Crippen LogP contribution >= 0.6 is 22.7 Å². The van der Waals surface area contributed by atoms with E-state index in [1.165, 1.54) is 5.56 Å². The van der Waals surface area contributed by atoms with Crippen molar-refractivity contribution >= 4 is 27.6 Å². The van der Waals surface area contributed by atoms with E-state index in [0.29, 0.717) is 0 Å². The highest BCUT2D eigenvalue weighted by Gasteiger charge is 2.14. The number of hydrogen-bond acceptors (Lipinski definition) is 5. The number of thiophene rings is 1. The van der Waals surface area contributed by atoms with Crippen molar-refractivity contribution in [3.05, 3.63) is 47.3 Å². The predicted octanol–water partition coefficient (Wildman–Crippen LogP) is 3.89. The second kappa shape index (κ2) is 4.50. The van der Waals surface area contributed by atoms with Gasteiger partial charge >= 0.3 is 0 Å². The van der Waals surface area contributed by atoms with Gasteiger partial charge in [0.15, 0.2) is 5.82 Å². The molecule has 0 saturated heterocycles. The van der Waals surface area contributed by atoms with E-state index in [0.717, 1.165) is 26.2 Å². The lowest BCUT2D eigenvalue weighted by molar-refractivity contribution is 0.974. The van der Waals surface area contributed by atoms with Crippen molar-refractivity contribution in [2.24, 2.45) is 0 Å². The summed E-state index contributed by atoms with van der Waals surface area (Å²) in [6.45, 7) is 2.08. The zero-order valence-electron chi connectivity index (χ0n) is 10.6. The Morgan fingerprint density at radius 3 is 2.65 bits per heavy atom. The molecule has 4 nitrogen and oxygen atoms in total. The van der Waals surface area contributed by atoms with E-state index in [9.17, 15) is 0 Å². The van der Waals surface area contributed by atoms with E-state index in [-0.39, 0.29) is 0 Å². The quantitative estimate of drug-likeness (QED) is 0.564. The lowest BCUT2D eigenvalue weighted by atomic mass is 10.2. The van der Waals surface area contributed by atoms with Crippen LogP contribution in [-0.4, -0.2) is 19.8 Å². The average molecular weight is 298 g/mol. The van der Waals surface area contributed by atoms with E-state index in [1.807, 2.05) is 22.0 Å². The maximum Gasteiger partial charge on any atom is 0.235 e. The number of rotatable bonds is 2. The van der Waals surface area contributed by atoms with Crippen LogP contribution in [0.3, 0.4) is 0 Å². The molecule has 0 amide bonds. The molecule has 0 N–H and O–H groups in total. The Balaban J connectivity index is 1.85. The highest BCUT2D eigenvalue weighted by atomic mass is 32.1. The van der Waals surface area contributed by atoms with Crippen molar-refractivity contribution in [3.63, 3.8) is 0 Å². The molecular weight excluding hydrogens is 288 g/mol. The van der Waals surface area contributed by atoms with Crippen molar-refractivity contribution in [2.75, 3.05) is 0 Å². The lowest BCUT2D eigenvalue weighted by Crippen LogP contribution is -1.88. The van der Waals surface area contributed by atoms with Crippen LogP contribution in [0.1, 0.15) is 5.56 Å². The van der Waals surface area contributed by atoms with Crippen molar-refractivity contribution in [2.45, 2.75) is 6.92 Å². The van der Waals surface area contributed by atoms with Crippen LogP contribution in [0.4, 0.5) is 0 Å². The van der Waals surface area contributed by atoms with Gasteiger partial charge in [0.2, 0.25) is 4.96 Å². The second-order valence-corrected chi connectivity index (χ2v) is 6.37. The number of aromatic nitrogens is 4. The van der Waals surface area contributed by atoms with Crippen LogP contribution in [0.25, 0.3) is 26.2 Å². The molecule has 0 aliphatic rings. The van der Waals surface area contributed by atoms with Crippen LogP contribution in [-0.2, 0) is 0 Å². The predicted molar refractivity (Wildman–Crippen MR) is 82.1 cm³/mol. The molecule has 0 fully saturated rings. The summed E-state index contributed by atoms with van der Waals surface area (Å²) in [6.07, 6.45) is 0. The molecule has 0 spiro atoms. The highest BCUT2D eigenvalue weighted by Crippen LogP contribution is 2.29. The summed E-state index contributed by atoms with van der Waals surface area (Å²) in [5.74, 6) is 0.810. The van der Waals surface area contributed by atoms with Crippen molar-refractivity contribution < 1.29 is 0 Å². The molecule has 20 heavy (non-hydrogen) atoms. The molecular formula is C14H10N4S2. The first-order chi connectivity index (χ1) is 9.81. The summed E-state index contributed by atoms with van der Waals surface area (Å²) in [4.78, 5) is 1.90. The largest absolute Gasteiger partial charge is 0.235 e. The molecule has 6 heteroatoms. The van der Waals surface area contributed by atoms with Gasteiger partial charge < -0.3 is 0 Å². The average Bonchev–Trinajstić information content (AvgIpc) is 3.15. The Morgan fingerprint density at radius 2 is 1.90 bits per heavy atom. The van der Waals surface area contributed by atoms with E-state index >= 15 is 0 Å². The molecule has 4 aromatic rings. The van der Waals surface area contributed by atoms with Crippen LogP contribution < -0.4 is 0 Å². The SMILES string of the molecule is Cc1ccc(-c2nn3c(-c4cccs4)nnc3s2)cc1. The minimum atomic E-state index is 0.810. The van der Waals surface area contributed by atoms with Gasteiger partial charge in [0.05, 0.1) is 4.88 Å². The molecule has 0 unspecified atom stereocenters. The summed E-state index contributed by atoms with van der Waals surface area (Å²) in [5, 5.41) is 16.1. The van der Waals surface area contributed by atoms with Crippen molar-refractivity contribution in [1.29, 1.82) is 0 Å². The third-order valence-corrected chi connectivity index (χ3v) is 4.84. The van der Waals surface area contributed by atoms with Gasteiger partial charge in [-0.25, -0.2) is 0 Å². The fourth-order valence-electron chi connectivity index (χ4n) is 1.99. The van der Waals surface area contributed by atoms with Gasteiger partial charge in [-0.05, 0) is 18.4 Å². The number of nitrogens with zero attached hydrogens (tertiary/aromatic N) is 4. The molecule has 0 bridgehead atoms. The van der Waals surface area contributed by atoms with Gasteiger partial charge in [-0.15, -0.1) is 21.5 Å². The van der Waals surface area contributed by atoms with Gasteiger partial charge in [0.25, 0.3) is 0 Å². The van der Waals surface area contributed by atoms with Crippen LogP contribution in [0.15, 0.2) is 41.8 Å². The number of benzene rings is 1. The van der Waals surface area contributed by atoms with Crippen LogP contribution in [0, 0.1) is 6.92 Å². The number of fused-ring (bicyclic) bond motifs is 1. The molecule has 0 aliphatic heterocycles. The Bertz CT molecular complexity index is 857.